The summed E-state index contributed by atoms with van der Waals surface area (Å²) in [6.45, 7) is 0. The standard InChI is InChI=1S/C60H36N2OS/c1-3-16-38(17-4-1)61(40-31-33-56-50(35-40)46-24-12-14-29-55(46)64-56)51-27-15-26-48-58-52(62(60(48)51)39-18-5-2-6-19-39)36-54-59(47-25-11-13-28-53(47)63-54)57(58)37-30-32-45-43-22-8-7-20-41(43)42-21-9-10-23-44(42)49(45)34-37/h1-36H. The molecule has 0 radical (unpaired) electrons. The van der Waals surface area contributed by atoms with Crippen LogP contribution in [0, 0.1) is 0 Å². The highest BCUT2D eigenvalue weighted by atomic mass is 32.1. The first kappa shape index (κ1) is 35.4. The van der Waals surface area contributed by atoms with Crippen LogP contribution in [0.5, 0.6) is 0 Å². The molecule has 0 aliphatic carbocycles. The molecule has 3 aromatic heterocycles. The van der Waals surface area contributed by atoms with E-state index in [2.05, 4.69) is 228 Å². The largest absolute Gasteiger partial charge is 0.456 e. The molecule has 0 bridgehead atoms. The van der Waals surface area contributed by atoms with Gasteiger partial charge in [0.15, 0.2) is 0 Å². The normalized spacial score (nSPS) is 12.1. The van der Waals surface area contributed by atoms with Crippen molar-refractivity contribution in [3.8, 4) is 16.8 Å². The Bertz CT molecular complexity index is 4160. The van der Waals surface area contributed by atoms with E-state index in [1.54, 1.807) is 0 Å². The van der Waals surface area contributed by atoms with Crippen molar-refractivity contribution in [3.05, 3.63) is 218 Å². The van der Waals surface area contributed by atoms with Crippen molar-refractivity contribution >= 4 is 125 Å². The minimum absolute atomic E-state index is 0.864. The van der Waals surface area contributed by atoms with Gasteiger partial charge in [-0.25, -0.2) is 0 Å². The third-order valence-corrected chi connectivity index (χ3v) is 14.5. The second-order valence-corrected chi connectivity index (χ2v) is 17.8. The molecule has 0 saturated carbocycles. The molecule has 298 valence electrons. The van der Waals surface area contributed by atoms with Crippen LogP contribution in [0.1, 0.15) is 0 Å². The molecule has 0 atom stereocenters. The predicted octanol–water partition coefficient (Wildman–Crippen LogP) is 17.6. The number of furan rings is 1. The van der Waals surface area contributed by atoms with Crippen molar-refractivity contribution in [2.45, 2.75) is 0 Å². The van der Waals surface area contributed by atoms with Crippen LogP contribution in [0.2, 0.25) is 0 Å². The minimum Gasteiger partial charge on any atom is -0.456 e. The fourth-order valence-corrected chi connectivity index (χ4v) is 11.7. The molecule has 3 nitrogen and oxygen atoms in total. The third-order valence-electron chi connectivity index (χ3n) is 13.3. The Labute approximate surface area is 371 Å². The van der Waals surface area contributed by atoms with Crippen molar-refractivity contribution in [1.82, 2.24) is 4.57 Å². The molecule has 14 rings (SSSR count). The van der Waals surface area contributed by atoms with E-state index >= 15 is 0 Å². The van der Waals surface area contributed by atoms with Crippen molar-refractivity contribution in [3.63, 3.8) is 0 Å². The van der Waals surface area contributed by atoms with Crippen LogP contribution >= 0.6 is 11.3 Å². The van der Waals surface area contributed by atoms with Gasteiger partial charge < -0.3 is 13.9 Å². The maximum atomic E-state index is 6.89. The monoisotopic (exact) mass is 832 g/mol. The number of para-hydroxylation sites is 4. The SMILES string of the molecule is c1ccc(N(c2ccc3sc4ccccc4c3c2)c2cccc3c4c(-c5ccc6c7ccccc7c7ccccc7c6c5)c5c(cc4n(-c4ccccc4)c23)oc2ccccc25)cc1. The molecule has 0 aliphatic heterocycles. The van der Waals surface area contributed by atoms with Crippen LogP contribution in [0.3, 0.4) is 0 Å². The van der Waals surface area contributed by atoms with Gasteiger partial charge in [0.05, 0.1) is 16.7 Å². The molecule has 64 heavy (non-hydrogen) atoms. The van der Waals surface area contributed by atoms with Gasteiger partial charge in [0.2, 0.25) is 0 Å². The van der Waals surface area contributed by atoms with Crippen LogP contribution in [-0.2, 0) is 0 Å². The first-order chi connectivity index (χ1) is 31.8. The summed E-state index contributed by atoms with van der Waals surface area (Å²) in [5.74, 6) is 0. The maximum Gasteiger partial charge on any atom is 0.138 e. The molecular weight excluding hydrogens is 797 g/mol. The second kappa shape index (κ2) is 13.7. The number of rotatable bonds is 5. The summed E-state index contributed by atoms with van der Waals surface area (Å²) in [7, 11) is 0. The Morgan fingerprint density at radius 2 is 0.984 bits per heavy atom. The summed E-state index contributed by atoms with van der Waals surface area (Å²) in [4.78, 5) is 2.44. The smallest absolute Gasteiger partial charge is 0.138 e. The van der Waals surface area contributed by atoms with Gasteiger partial charge in [0.1, 0.15) is 11.2 Å². The number of hydrogen-bond acceptors (Lipinski definition) is 3. The molecule has 4 heteroatoms. The zero-order valence-electron chi connectivity index (χ0n) is 34.5. The molecule has 0 N–H and O–H groups in total. The third kappa shape index (κ3) is 5.09. The average molecular weight is 833 g/mol. The van der Waals surface area contributed by atoms with Crippen LogP contribution in [0.15, 0.2) is 223 Å². The molecular formula is C60H36N2OS. The van der Waals surface area contributed by atoms with Gasteiger partial charge in [0, 0.05) is 70.4 Å². The fraction of sp³-hybridized carbons (Fsp3) is 0. The Hall–Kier alpha value is -8.18. The van der Waals surface area contributed by atoms with Crippen molar-refractivity contribution < 1.29 is 4.42 Å². The highest BCUT2D eigenvalue weighted by molar-refractivity contribution is 7.25. The van der Waals surface area contributed by atoms with Crippen molar-refractivity contribution in [2.75, 3.05) is 4.90 Å². The summed E-state index contributed by atoms with van der Waals surface area (Å²) in [5, 5.41) is 14.7. The minimum atomic E-state index is 0.864. The zero-order valence-corrected chi connectivity index (χ0v) is 35.3. The number of benzene rings is 11. The van der Waals surface area contributed by atoms with Gasteiger partial charge in [-0.2, -0.15) is 0 Å². The van der Waals surface area contributed by atoms with Crippen LogP contribution in [-0.4, -0.2) is 4.57 Å². The Kier molecular flexibility index (Phi) is 7.56. The fourth-order valence-electron chi connectivity index (χ4n) is 10.6. The lowest BCUT2D eigenvalue weighted by molar-refractivity contribution is 0.669. The second-order valence-electron chi connectivity index (χ2n) is 16.8. The van der Waals surface area contributed by atoms with Crippen molar-refractivity contribution in [1.29, 1.82) is 0 Å². The van der Waals surface area contributed by atoms with Gasteiger partial charge >= 0.3 is 0 Å². The van der Waals surface area contributed by atoms with Crippen molar-refractivity contribution in [2.24, 2.45) is 0 Å². The molecule has 3 heterocycles. The van der Waals surface area contributed by atoms with Gasteiger partial charge in [0.25, 0.3) is 0 Å². The molecule has 14 aromatic rings. The average Bonchev–Trinajstić information content (AvgIpc) is 4.03. The molecule has 0 saturated heterocycles. The van der Waals surface area contributed by atoms with Gasteiger partial charge in [-0.05, 0) is 105 Å². The Balaban J connectivity index is 1.15. The first-order valence-electron chi connectivity index (χ1n) is 21.8. The number of anilines is 3. The molecule has 0 amide bonds. The number of aromatic nitrogens is 1. The Morgan fingerprint density at radius 3 is 1.75 bits per heavy atom. The van der Waals surface area contributed by atoms with Crippen LogP contribution in [0.25, 0.3) is 113 Å². The lowest BCUT2D eigenvalue weighted by Gasteiger charge is -2.27. The number of hydrogen-bond donors (Lipinski definition) is 0. The molecule has 0 fully saturated rings. The van der Waals surface area contributed by atoms with E-state index in [0.717, 1.165) is 61.3 Å². The molecule has 0 unspecified atom stereocenters. The summed E-state index contributed by atoms with van der Waals surface area (Å²) in [6.07, 6.45) is 0. The lowest BCUT2D eigenvalue weighted by atomic mass is 9.89. The van der Waals surface area contributed by atoms with E-state index in [4.69, 9.17) is 4.42 Å². The predicted molar refractivity (Wildman–Crippen MR) is 274 cm³/mol. The summed E-state index contributed by atoms with van der Waals surface area (Å²) in [5.41, 5.74) is 10.7. The highest BCUT2D eigenvalue weighted by Gasteiger charge is 2.27. The van der Waals surface area contributed by atoms with E-state index in [-0.39, 0.29) is 0 Å². The van der Waals surface area contributed by atoms with Gasteiger partial charge in [-0.3, -0.25) is 0 Å². The summed E-state index contributed by atoms with van der Waals surface area (Å²) >= 11 is 1.85. The van der Waals surface area contributed by atoms with E-state index in [1.807, 2.05) is 11.3 Å². The number of nitrogens with zero attached hydrogens (tertiary/aromatic N) is 2. The molecule has 0 aliphatic rings. The zero-order chi connectivity index (χ0) is 41.9. The first-order valence-corrected chi connectivity index (χ1v) is 22.7. The van der Waals surface area contributed by atoms with Crippen LogP contribution in [0.4, 0.5) is 17.1 Å². The number of fused-ring (bicyclic) bond motifs is 15. The number of thiophene rings is 1. The summed E-state index contributed by atoms with van der Waals surface area (Å²) in [6, 6.07) is 79.8. The summed E-state index contributed by atoms with van der Waals surface area (Å²) < 4.78 is 11.9. The maximum absolute atomic E-state index is 6.89. The van der Waals surface area contributed by atoms with Gasteiger partial charge in [-0.1, -0.05) is 146 Å². The van der Waals surface area contributed by atoms with Crippen LogP contribution < -0.4 is 4.90 Å². The quantitative estimate of drug-likeness (QED) is 0.161. The van der Waals surface area contributed by atoms with Gasteiger partial charge in [-0.15, -0.1) is 11.3 Å². The lowest BCUT2D eigenvalue weighted by Crippen LogP contribution is -2.11. The molecule has 11 aromatic carbocycles. The van der Waals surface area contributed by atoms with E-state index in [9.17, 15) is 0 Å². The topological polar surface area (TPSA) is 21.3 Å². The highest BCUT2D eigenvalue weighted by Crippen LogP contribution is 2.51. The van der Waals surface area contributed by atoms with E-state index in [1.165, 1.54) is 68.8 Å². The molecule has 0 spiro atoms. The van der Waals surface area contributed by atoms with E-state index < -0.39 is 0 Å². The Morgan fingerprint density at radius 1 is 0.375 bits per heavy atom. The van der Waals surface area contributed by atoms with E-state index in [0.29, 0.717) is 0 Å².